The first-order chi connectivity index (χ1) is 8.65. The lowest BCUT2D eigenvalue weighted by Gasteiger charge is -2.14. The normalized spacial score (nSPS) is 20.1. The van der Waals surface area contributed by atoms with Gasteiger partial charge in [0, 0.05) is 6.42 Å². The molecule has 0 aliphatic carbocycles. The molecule has 1 aliphatic heterocycles. The summed E-state index contributed by atoms with van der Waals surface area (Å²) in [5, 5.41) is 5.52. The second kappa shape index (κ2) is 5.71. The summed E-state index contributed by atoms with van der Waals surface area (Å²) in [6.07, 6.45) is 2.97. The van der Waals surface area contributed by atoms with Gasteiger partial charge in [0.25, 0.3) is 0 Å². The number of carbonyl (C=O) groups excluding carboxylic acids is 2. The lowest BCUT2D eigenvalue weighted by Crippen LogP contribution is -2.45. The van der Waals surface area contributed by atoms with Gasteiger partial charge < -0.3 is 15.1 Å². The van der Waals surface area contributed by atoms with Crippen molar-refractivity contribution < 1.29 is 14.0 Å². The number of carbonyl (C=O) groups is 2. The summed E-state index contributed by atoms with van der Waals surface area (Å²) >= 11 is 0. The molecule has 0 bridgehead atoms. The van der Waals surface area contributed by atoms with Crippen molar-refractivity contribution in [1.82, 2.24) is 10.6 Å². The van der Waals surface area contributed by atoms with Gasteiger partial charge >= 0.3 is 0 Å². The first kappa shape index (κ1) is 12.7. The summed E-state index contributed by atoms with van der Waals surface area (Å²) in [4.78, 5) is 23.3. The summed E-state index contributed by atoms with van der Waals surface area (Å²) in [6, 6.07) is 3.28. The zero-order valence-corrected chi connectivity index (χ0v) is 10.5. The van der Waals surface area contributed by atoms with Crippen LogP contribution in [0.3, 0.4) is 0 Å². The molecule has 2 heterocycles. The molecule has 2 N–H and O–H groups in total. The van der Waals surface area contributed by atoms with E-state index in [4.69, 9.17) is 4.42 Å². The molecule has 5 nitrogen and oxygen atoms in total. The molecule has 1 atom stereocenters. The van der Waals surface area contributed by atoms with Crippen molar-refractivity contribution in [3.05, 3.63) is 23.7 Å². The summed E-state index contributed by atoms with van der Waals surface area (Å²) in [6.45, 7) is 2.22. The minimum Gasteiger partial charge on any atom is -0.465 e. The molecule has 0 aromatic carbocycles. The number of hydrogen-bond donors (Lipinski definition) is 2. The molecule has 1 fully saturated rings. The Morgan fingerprint density at radius 3 is 3.06 bits per heavy atom. The van der Waals surface area contributed by atoms with Crippen LogP contribution >= 0.6 is 0 Å². The van der Waals surface area contributed by atoms with E-state index in [1.807, 2.05) is 19.1 Å². The van der Waals surface area contributed by atoms with E-state index in [9.17, 15) is 9.59 Å². The molecule has 18 heavy (non-hydrogen) atoms. The zero-order valence-electron chi connectivity index (χ0n) is 10.5. The predicted molar refractivity (Wildman–Crippen MR) is 65.7 cm³/mol. The van der Waals surface area contributed by atoms with Crippen LogP contribution in [0.1, 0.15) is 37.2 Å². The van der Waals surface area contributed by atoms with Gasteiger partial charge in [-0.2, -0.15) is 0 Å². The maximum Gasteiger partial charge on any atom is 0.242 e. The summed E-state index contributed by atoms with van der Waals surface area (Å²) in [5.41, 5.74) is 0. The Bertz CT molecular complexity index is 439. The van der Waals surface area contributed by atoms with Crippen LogP contribution < -0.4 is 10.6 Å². The quantitative estimate of drug-likeness (QED) is 0.848. The third-order valence-electron chi connectivity index (χ3n) is 3.03. The SMILES string of the molecule is Cc1ccc(CNC(=O)C2CCCCC(=O)N2)o1. The van der Waals surface area contributed by atoms with E-state index >= 15 is 0 Å². The Morgan fingerprint density at radius 2 is 2.33 bits per heavy atom. The smallest absolute Gasteiger partial charge is 0.242 e. The fourth-order valence-corrected chi connectivity index (χ4v) is 2.05. The predicted octanol–water partition coefficient (Wildman–Crippen LogP) is 1.26. The van der Waals surface area contributed by atoms with Crippen molar-refractivity contribution in [2.75, 3.05) is 0 Å². The molecule has 1 aromatic heterocycles. The van der Waals surface area contributed by atoms with Crippen molar-refractivity contribution in [2.24, 2.45) is 0 Å². The molecule has 1 aromatic rings. The summed E-state index contributed by atoms with van der Waals surface area (Å²) in [5.74, 6) is 1.36. The maximum absolute atomic E-state index is 11.9. The topological polar surface area (TPSA) is 71.3 Å². The van der Waals surface area contributed by atoms with E-state index < -0.39 is 6.04 Å². The van der Waals surface area contributed by atoms with Crippen molar-refractivity contribution in [3.63, 3.8) is 0 Å². The average molecular weight is 250 g/mol. The Balaban J connectivity index is 1.85. The fourth-order valence-electron chi connectivity index (χ4n) is 2.05. The van der Waals surface area contributed by atoms with Crippen LogP contribution in [-0.2, 0) is 16.1 Å². The first-order valence-corrected chi connectivity index (χ1v) is 6.27. The molecule has 0 saturated carbocycles. The Labute approximate surface area is 106 Å². The number of hydrogen-bond acceptors (Lipinski definition) is 3. The van der Waals surface area contributed by atoms with Gasteiger partial charge in [0.2, 0.25) is 11.8 Å². The molecule has 98 valence electrons. The number of aryl methyl sites for hydroxylation is 1. The van der Waals surface area contributed by atoms with E-state index in [1.54, 1.807) is 0 Å². The summed E-state index contributed by atoms with van der Waals surface area (Å²) in [7, 11) is 0. The molecule has 0 spiro atoms. The Kier molecular flexibility index (Phi) is 4.02. The molecular formula is C13H18N2O3. The van der Waals surface area contributed by atoms with Gasteiger partial charge in [0.05, 0.1) is 6.54 Å². The lowest BCUT2D eigenvalue weighted by molar-refractivity contribution is -0.128. The fraction of sp³-hybridized carbons (Fsp3) is 0.538. The average Bonchev–Trinajstić information content (AvgIpc) is 2.63. The van der Waals surface area contributed by atoms with Crippen LogP contribution in [0.25, 0.3) is 0 Å². The zero-order chi connectivity index (χ0) is 13.0. The second-order valence-electron chi connectivity index (χ2n) is 4.60. The lowest BCUT2D eigenvalue weighted by atomic mass is 10.1. The van der Waals surface area contributed by atoms with Crippen molar-refractivity contribution in [1.29, 1.82) is 0 Å². The van der Waals surface area contributed by atoms with Gasteiger partial charge in [-0.1, -0.05) is 6.42 Å². The molecule has 2 rings (SSSR count). The number of nitrogens with one attached hydrogen (secondary N) is 2. The second-order valence-corrected chi connectivity index (χ2v) is 4.60. The van der Waals surface area contributed by atoms with Crippen LogP contribution in [-0.4, -0.2) is 17.9 Å². The highest BCUT2D eigenvalue weighted by Gasteiger charge is 2.22. The van der Waals surface area contributed by atoms with Crippen LogP contribution in [0.4, 0.5) is 0 Å². The highest BCUT2D eigenvalue weighted by molar-refractivity contribution is 5.87. The van der Waals surface area contributed by atoms with Gasteiger partial charge in [0.15, 0.2) is 0 Å². The highest BCUT2D eigenvalue weighted by Crippen LogP contribution is 2.10. The van der Waals surface area contributed by atoms with Gasteiger partial charge in [-0.15, -0.1) is 0 Å². The van der Waals surface area contributed by atoms with Gasteiger partial charge in [-0.25, -0.2) is 0 Å². The van der Waals surface area contributed by atoms with Gasteiger partial charge in [0.1, 0.15) is 17.6 Å². The molecular weight excluding hydrogens is 232 g/mol. The minimum absolute atomic E-state index is 0.0403. The van der Waals surface area contributed by atoms with Crippen LogP contribution in [0.2, 0.25) is 0 Å². The molecule has 2 amide bonds. The van der Waals surface area contributed by atoms with E-state index in [-0.39, 0.29) is 11.8 Å². The van der Waals surface area contributed by atoms with E-state index in [2.05, 4.69) is 10.6 Å². The molecule has 5 heteroatoms. The van der Waals surface area contributed by atoms with Gasteiger partial charge in [-0.05, 0) is 31.9 Å². The first-order valence-electron chi connectivity index (χ1n) is 6.27. The number of amides is 2. The van der Waals surface area contributed by atoms with E-state index in [0.717, 1.165) is 24.4 Å². The standard InChI is InChI=1S/C13H18N2O3/c1-9-6-7-10(18-9)8-14-13(17)11-4-2-3-5-12(16)15-11/h6-7,11H,2-5,8H2,1H3,(H,14,17)(H,15,16). The largest absolute Gasteiger partial charge is 0.465 e. The number of furan rings is 1. The van der Waals surface area contributed by atoms with Gasteiger partial charge in [-0.3, -0.25) is 9.59 Å². The van der Waals surface area contributed by atoms with Crippen LogP contribution in [0, 0.1) is 6.92 Å². The van der Waals surface area contributed by atoms with Crippen LogP contribution in [0.15, 0.2) is 16.5 Å². The molecule has 1 unspecified atom stereocenters. The van der Waals surface area contributed by atoms with Crippen molar-refractivity contribution in [3.8, 4) is 0 Å². The maximum atomic E-state index is 11.9. The third-order valence-corrected chi connectivity index (χ3v) is 3.03. The van der Waals surface area contributed by atoms with Crippen molar-refractivity contribution in [2.45, 2.75) is 45.2 Å². The third kappa shape index (κ3) is 3.35. The molecule has 1 saturated heterocycles. The Morgan fingerprint density at radius 1 is 1.50 bits per heavy atom. The highest BCUT2D eigenvalue weighted by atomic mass is 16.3. The van der Waals surface area contributed by atoms with E-state index in [1.165, 1.54) is 0 Å². The van der Waals surface area contributed by atoms with Crippen LogP contribution in [0.5, 0.6) is 0 Å². The van der Waals surface area contributed by atoms with E-state index in [0.29, 0.717) is 19.4 Å². The number of rotatable bonds is 3. The summed E-state index contributed by atoms with van der Waals surface area (Å²) < 4.78 is 5.36. The minimum atomic E-state index is -0.406. The monoisotopic (exact) mass is 250 g/mol. The molecule has 1 aliphatic rings. The van der Waals surface area contributed by atoms with Crippen molar-refractivity contribution >= 4 is 11.8 Å². The molecule has 0 radical (unpaired) electrons. The Hall–Kier alpha value is -1.78.